The highest BCUT2D eigenvalue weighted by atomic mass is 16.4. The Hall–Kier alpha value is -2.02. The van der Waals surface area contributed by atoms with Crippen LogP contribution in [0.5, 0.6) is 0 Å². The van der Waals surface area contributed by atoms with E-state index in [0.29, 0.717) is 0 Å². The summed E-state index contributed by atoms with van der Waals surface area (Å²) in [4.78, 5) is 20.3. The smallest absolute Gasteiger partial charge is 0.371 e. The summed E-state index contributed by atoms with van der Waals surface area (Å²) in [6, 6.07) is 2.18. The van der Waals surface area contributed by atoms with Gasteiger partial charge in [0.15, 0.2) is 0 Å². The highest BCUT2D eigenvalue weighted by Crippen LogP contribution is 2.07. The first kappa shape index (κ1) is 21.0. The summed E-state index contributed by atoms with van der Waals surface area (Å²) in [5.41, 5.74) is 0. The summed E-state index contributed by atoms with van der Waals surface area (Å²) in [6.45, 7) is -1.45. The summed E-state index contributed by atoms with van der Waals surface area (Å²) >= 11 is 0. The second kappa shape index (κ2) is 9.89. The minimum atomic E-state index is -1.67. The van der Waals surface area contributed by atoms with Crippen molar-refractivity contribution < 1.29 is 54.9 Å². The summed E-state index contributed by atoms with van der Waals surface area (Å²) in [5.74, 6) is -3.31. The lowest BCUT2D eigenvalue weighted by Gasteiger charge is -2.24. The van der Waals surface area contributed by atoms with Crippen LogP contribution in [-0.4, -0.2) is 90.4 Å². The largest absolute Gasteiger partial charge is 0.475 e. The minimum absolute atomic E-state index is 0.373. The molecule has 0 fully saturated rings. The monoisotopic (exact) mass is 338 g/mol. The zero-order valence-corrected chi connectivity index (χ0v) is 11.7. The van der Waals surface area contributed by atoms with E-state index in [0.717, 1.165) is 12.1 Å². The van der Waals surface area contributed by atoms with E-state index in [1.807, 2.05) is 0 Å². The number of aliphatic hydroxyl groups excluding tert-OH is 6. The first-order valence-corrected chi connectivity index (χ1v) is 6.16. The standard InChI is InChI=1S/C6H14O6.C6H4O5/c7-1-3(9)5(11)6(12)4(10)2-8;7-5(8)3-1-2-4(11-3)6(9)10/h3-12H,1-2H2;1-2H,(H,7,8)(H,9,10). The molecule has 1 aromatic heterocycles. The van der Waals surface area contributed by atoms with E-state index < -0.39 is 49.6 Å². The number of hydrogen-bond acceptors (Lipinski definition) is 9. The molecule has 0 aliphatic rings. The van der Waals surface area contributed by atoms with Gasteiger partial charge in [0.2, 0.25) is 11.5 Å². The Kier molecular flexibility index (Phi) is 9.02. The highest BCUT2D eigenvalue weighted by Gasteiger charge is 2.29. The molecule has 1 heterocycles. The second-order valence-corrected chi connectivity index (χ2v) is 4.26. The third kappa shape index (κ3) is 6.73. The minimum Gasteiger partial charge on any atom is -0.475 e. The maximum atomic E-state index is 10.2. The fraction of sp³-hybridized carbons (Fsp3) is 0.500. The number of aromatic carboxylic acids is 2. The Morgan fingerprint density at radius 1 is 0.826 bits per heavy atom. The van der Waals surface area contributed by atoms with Gasteiger partial charge in [0.05, 0.1) is 13.2 Å². The van der Waals surface area contributed by atoms with E-state index in [9.17, 15) is 9.59 Å². The topological polar surface area (TPSA) is 209 Å². The van der Waals surface area contributed by atoms with Crippen molar-refractivity contribution in [2.24, 2.45) is 0 Å². The zero-order valence-electron chi connectivity index (χ0n) is 11.7. The van der Waals surface area contributed by atoms with Gasteiger partial charge in [-0.25, -0.2) is 9.59 Å². The van der Waals surface area contributed by atoms with Crippen LogP contribution in [0, 0.1) is 0 Å². The van der Waals surface area contributed by atoms with Gasteiger partial charge in [-0.15, -0.1) is 0 Å². The first-order chi connectivity index (χ1) is 10.6. The van der Waals surface area contributed by atoms with Gasteiger partial charge in [-0.1, -0.05) is 0 Å². The van der Waals surface area contributed by atoms with Gasteiger partial charge in [-0.2, -0.15) is 0 Å². The van der Waals surface area contributed by atoms with Crippen molar-refractivity contribution in [1.29, 1.82) is 0 Å². The number of aliphatic hydroxyl groups is 6. The molecule has 0 aliphatic heterocycles. The molecule has 1 aromatic rings. The molecule has 0 aromatic carbocycles. The van der Waals surface area contributed by atoms with Gasteiger partial charge in [0.1, 0.15) is 24.4 Å². The van der Waals surface area contributed by atoms with E-state index in [2.05, 4.69) is 4.42 Å². The predicted octanol–water partition coefficient (Wildman–Crippen LogP) is -2.91. The normalized spacial score (nSPS) is 15.7. The molecule has 4 atom stereocenters. The summed E-state index contributed by atoms with van der Waals surface area (Å²) < 4.78 is 4.41. The Labute approximate surface area is 129 Å². The first-order valence-electron chi connectivity index (χ1n) is 6.16. The molecule has 132 valence electrons. The van der Waals surface area contributed by atoms with Crippen molar-refractivity contribution in [2.45, 2.75) is 24.4 Å². The third-order valence-electron chi connectivity index (χ3n) is 2.54. The number of furan rings is 1. The average Bonchev–Trinajstić information content (AvgIpc) is 3.03. The van der Waals surface area contributed by atoms with E-state index in [-0.39, 0.29) is 11.5 Å². The molecule has 4 unspecified atom stereocenters. The van der Waals surface area contributed by atoms with Gasteiger partial charge in [0.25, 0.3) is 0 Å². The Morgan fingerprint density at radius 3 is 1.30 bits per heavy atom. The summed E-state index contributed by atoms with van der Waals surface area (Å²) in [6.07, 6.45) is -6.39. The molecule has 0 spiro atoms. The van der Waals surface area contributed by atoms with Crippen molar-refractivity contribution in [3.8, 4) is 0 Å². The molecule has 11 heteroatoms. The van der Waals surface area contributed by atoms with Gasteiger partial charge in [-0.05, 0) is 12.1 Å². The van der Waals surface area contributed by atoms with Crippen LogP contribution in [0.2, 0.25) is 0 Å². The highest BCUT2D eigenvalue weighted by molar-refractivity contribution is 5.88. The van der Waals surface area contributed by atoms with Crippen molar-refractivity contribution in [3.05, 3.63) is 23.7 Å². The molecule has 0 radical (unpaired) electrons. The van der Waals surface area contributed by atoms with Crippen LogP contribution in [0.15, 0.2) is 16.5 Å². The van der Waals surface area contributed by atoms with Gasteiger partial charge in [0, 0.05) is 0 Å². The second-order valence-electron chi connectivity index (χ2n) is 4.26. The maximum absolute atomic E-state index is 10.2. The molecule has 23 heavy (non-hydrogen) atoms. The molecule has 0 saturated heterocycles. The third-order valence-corrected chi connectivity index (χ3v) is 2.54. The summed E-state index contributed by atoms with van der Waals surface area (Å²) in [5, 5.41) is 68.8. The van der Waals surface area contributed by atoms with E-state index >= 15 is 0 Å². The van der Waals surface area contributed by atoms with Gasteiger partial charge >= 0.3 is 11.9 Å². The molecular formula is C12H18O11. The fourth-order valence-corrected chi connectivity index (χ4v) is 1.24. The Morgan fingerprint density at radius 2 is 1.13 bits per heavy atom. The van der Waals surface area contributed by atoms with Crippen LogP contribution in [-0.2, 0) is 0 Å². The number of carbonyl (C=O) groups is 2. The number of hydrogen-bond donors (Lipinski definition) is 8. The van der Waals surface area contributed by atoms with Crippen molar-refractivity contribution in [2.75, 3.05) is 13.2 Å². The van der Waals surface area contributed by atoms with Crippen LogP contribution in [0.3, 0.4) is 0 Å². The number of carboxylic acid groups (broad SMARTS) is 2. The Bertz CT molecular complexity index is 454. The van der Waals surface area contributed by atoms with E-state index in [4.69, 9.17) is 40.9 Å². The molecular weight excluding hydrogens is 320 g/mol. The average molecular weight is 338 g/mol. The zero-order chi connectivity index (χ0) is 18.2. The quantitative estimate of drug-likeness (QED) is 0.252. The van der Waals surface area contributed by atoms with Crippen LogP contribution in [0.4, 0.5) is 0 Å². The molecule has 11 nitrogen and oxygen atoms in total. The molecule has 0 amide bonds. The molecule has 0 aliphatic carbocycles. The molecule has 0 saturated carbocycles. The van der Waals surface area contributed by atoms with Crippen LogP contribution in [0.1, 0.15) is 21.1 Å². The van der Waals surface area contributed by atoms with Crippen molar-refractivity contribution >= 4 is 11.9 Å². The number of rotatable bonds is 7. The van der Waals surface area contributed by atoms with Gasteiger partial charge < -0.3 is 45.3 Å². The molecule has 0 bridgehead atoms. The molecule has 1 rings (SSSR count). The van der Waals surface area contributed by atoms with Crippen molar-refractivity contribution in [3.63, 3.8) is 0 Å². The number of carboxylic acids is 2. The van der Waals surface area contributed by atoms with Crippen LogP contribution in [0.25, 0.3) is 0 Å². The lowest BCUT2D eigenvalue weighted by molar-refractivity contribution is -0.123. The van der Waals surface area contributed by atoms with E-state index in [1.165, 1.54) is 0 Å². The lowest BCUT2D eigenvalue weighted by atomic mass is 10.0. The van der Waals surface area contributed by atoms with Crippen LogP contribution < -0.4 is 0 Å². The van der Waals surface area contributed by atoms with E-state index in [1.54, 1.807) is 0 Å². The summed E-state index contributed by atoms with van der Waals surface area (Å²) in [7, 11) is 0. The molecule has 8 N–H and O–H groups in total. The van der Waals surface area contributed by atoms with Crippen LogP contribution >= 0.6 is 0 Å². The SMILES string of the molecule is O=C(O)c1ccc(C(=O)O)o1.OCC(O)C(O)C(O)C(O)CO. The predicted molar refractivity (Wildman–Crippen MR) is 70.8 cm³/mol. The Balaban J connectivity index is 0.000000422. The fourth-order valence-electron chi connectivity index (χ4n) is 1.24. The van der Waals surface area contributed by atoms with Crippen molar-refractivity contribution in [1.82, 2.24) is 0 Å². The maximum Gasteiger partial charge on any atom is 0.371 e. The lowest BCUT2D eigenvalue weighted by Crippen LogP contribution is -2.46. The van der Waals surface area contributed by atoms with Gasteiger partial charge in [-0.3, -0.25) is 0 Å².